The van der Waals surface area contributed by atoms with Crippen molar-refractivity contribution in [2.24, 2.45) is 0 Å². The maximum atomic E-state index is 12.6. The second-order valence-electron chi connectivity index (χ2n) is 7.42. The van der Waals surface area contributed by atoms with Gasteiger partial charge in [-0.1, -0.05) is 19.4 Å². The molecule has 2 N–H and O–H groups in total. The number of benzene rings is 2. The fourth-order valence-corrected chi connectivity index (χ4v) is 4.66. The van der Waals surface area contributed by atoms with E-state index < -0.39 is 10.0 Å². The van der Waals surface area contributed by atoms with Gasteiger partial charge in [0.1, 0.15) is 17.4 Å². The summed E-state index contributed by atoms with van der Waals surface area (Å²) in [5.41, 5.74) is 2.30. The maximum Gasteiger partial charge on any atom is 0.263 e. The minimum absolute atomic E-state index is 0.0433. The molecule has 0 unspecified atom stereocenters. The zero-order valence-electron chi connectivity index (χ0n) is 18.6. The van der Waals surface area contributed by atoms with Gasteiger partial charge in [0, 0.05) is 17.4 Å². The quantitative estimate of drug-likeness (QED) is 0.415. The highest BCUT2D eigenvalue weighted by Crippen LogP contribution is 2.26. The van der Waals surface area contributed by atoms with Crippen molar-refractivity contribution >= 4 is 43.4 Å². The van der Waals surface area contributed by atoms with E-state index in [1.54, 1.807) is 19.9 Å². The maximum absolute atomic E-state index is 12.6. The van der Waals surface area contributed by atoms with Crippen molar-refractivity contribution < 1.29 is 17.9 Å². The Balaban J connectivity index is 1.59. The van der Waals surface area contributed by atoms with Crippen LogP contribution in [-0.4, -0.2) is 30.9 Å². The summed E-state index contributed by atoms with van der Waals surface area (Å²) in [5.74, 6) is 0.883. The third-order valence-electron chi connectivity index (χ3n) is 4.55. The Bertz CT molecular complexity index is 1230. The molecule has 0 spiro atoms. The van der Waals surface area contributed by atoms with Gasteiger partial charge >= 0.3 is 0 Å². The third kappa shape index (κ3) is 7.00. The molecule has 33 heavy (non-hydrogen) atoms. The van der Waals surface area contributed by atoms with Crippen molar-refractivity contribution in [3.63, 3.8) is 0 Å². The minimum Gasteiger partial charge on any atom is -0.483 e. The molecule has 1 heterocycles. The highest BCUT2D eigenvalue weighted by Gasteiger charge is 2.16. The molecule has 10 heteroatoms. The smallest absolute Gasteiger partial charge is 0.263 e. The Hall–Kier alpha value is -2.98. The van der Waals surface area contributed by atoms with E-state index in [-0.39, 0.29) is 23.2 Å². The second-order valence-corrected chi connectivity index (χ2v) is 9.96. The van der Waals surface area contributed by atoms with E-state index in [9.17, 15) is 13.2 Å². The summed E-state index contributed by atoms with van der Waals surface area (Å²) in [4.78, 5) is 20.5. The molecule has 0 radical (unpaired) electrons. The number of nitrogens with one attached hydrogen (secondary N) is 2. The number of carbonyl (C=O) groups is 1. The zero-order chi connectivity index (χ0) is 24.0. The van der Waals surface area contributed by atoms with Gasteiger partial charge in [-0.25, -0.2) is 18.4 Å². The Labute approximate surface area is 202 Å². The number of aryl methyl sites for hydroxylation is 3. The molecule has 0 aliphatic carbocycles. The van der Waals surface area contributed by atoms with Gasteiger partial charge < -0.3 is 10.1 Å². The number of hydrogen-bond donors (Lipinski definition) is 2. The number of sulfonamides is 1. The van der Waals surface area contributed by atoms with Crippen LogP contribution in [0, 0.1) is 13.8 Å². The predicted molar refractivity (Wildman–Crippen MR) is 131 cm³/mol. The number of ether oxygens (including phenoxy) is 1. The Morgan fingerprint density at radius 3 is 2.42 bits per heavy atom. The first-order valence-corrected chi connectivity index (χ1v) is 12.6. The minimum atomic E-state index is -3.83. The van der Waals surface area contributed by atoms with Crippen molar-refractivity contribution in [2.75, 3.05) is 16.6 Å². The highest BCUT2D eigenvalue weighted by atomic mass is 79.9. The van der Waals surface area contributed by atoms with Crippen LogP contribution in [0.15, 0.2) is 57.9 Å². The lowest BCUT2D eigenvalue weighted by molar-refractivity contribution is -0.118. The Kier molecular flexibility index (Phi) is 8.04. The molecular weight excluding hydrogens is 508 g/mol. The van der Waals surface area contributed by atoms with Gasteiger partial charge in [-0.15, -0.1) is 0 Å². The van der Waals surface area contributed by atoms with Gasteiger partial charge in [0.2, 0.25) is 0 Å². The molecule has 0 aliphatic rings. The van der Waals surface area contributed by atoms with Gasteiger partial charge in [-0.2, -0.15) is 0 Å². The highest BCUT2D eigenvalue weighted by molar-refractivity contribution is 9.10. The molecule has 1 amide bonds. The standard InChI is InChI=1S/C23H25BrN4O4S/c1-4-5-17-6-11-21(20(24)13-17)32-14-23(29)27-18-7-9-19(10-8-18)33(30,31)28-22-12-15(2)25-16(3)26-22/h6-13H,4-5,14H2,1-3H3,(H,27,29)(H,25,26,28). The summed E-state index contributed by atoms with van der Waals surface area (Å²) < 4.78 is 34.1. The van der Waals surface area contributed by atoms with E-state index >= 15 is 0 Å². The van der Waals surface area contributed by atoms with Crippen LogP contribution in [0.1, 0.15) is 30.4 Å². The molecule has 2 aromatic carbocycles. The number of nitrogens with zero attached hydrogens (tertiary/aromatic N) is 2. The van der Waals surface area contributed by atoms with Gasteiger partial charge in [-0.3, -0.25) is 9.52 Å². The fourth-order valence-electron chi connectivity index (χ4n) is 3.13. The summed E-state index contributed by atoms with van der Waals surface area (Å²) in [6, 6.07) is 13.2. The van der Waals surface area contributed by atoms with Crippen molar-refractivity contribution in [3.05, 3.63) is 70.1 Å². The van der Waals surface area contributed by atoms with Gasteiger partial charge in [0.25, 0.3) is 15.9 Å². The van der Waals surface area contributed by atoms with Gasteiger partial charge in [0.05, 0.1) is 9.37 Å². The lowest BCUT2D eigenvalue weighted by Crippen LogP contribution is -2.20. The number of carbonyl (C=O) groups excluding carboxylic acids is 1. The van der Waals surface area contributed by atoms with Crippen LogP contribution in [0.25, 0.3) is 0 Å². The van der Waals surface area contributed by atoms with Crippen LogP contribution in [-0.2, 0) is 21.2 Å². The normalized spacial score (nSPS) is 11.2. The molecule has 0 saturated carbocycles. The van der Waals surface area contributed by atoms with E-state index in [0.29, 0.717) is 23.0 Å². The van der Waals surface area contributed by atoms with Crippen LogP contribution >= 0.6 is 15.9 Å². The first-order valence-electron chi connectivity index (χ1n) is 10.3. The Morgan fingerprint density at radius 2 is 1.79 bits per heavy atom. The van der Waals surface area contributed by atoms with Gasteiger partial charge in [-0.05, 0) is 78.2 Å². The topological polar surface area (TPSA) is 110 Å². The third-order valence-corrected chi connectivity index (χ3v) is 6.54. The van der Waals surface area contributed by atoms with Crippen LogP contribution < -0.4 is 14.8 Å². The predicted octanol–water partition coefficient (Wildman–Crippen LogP) is 4.63. The first-order chi connectivity index (χ1) is 15.7. The number of hydrogen-bond acceptors (Lipinski definition) is 6. The molecule has 0 aliphatic heterocycles. The summed E-state index contributed by atoms with van der Waals surface area (Å²) in [5, 5.41) is 2.69. The molecule has 3 aromatic rings. The first kappa shape index (κ1) is 24.7. The largest absolute Gasteiger partial charge is 0.483 e. The molecular formula is C23H25BrN4O4S. The second kappa shape index (κ2) is 10.8. The summed E-state index contributed by atoms with van der Waals surface area (Å²) >= 11 is 3.46. The molecule has 0 bridgehead atoms. The van der Waals surface area contributed by atoms with E-state index in [4.69, 9.17) is 4.74 Å². The number of halogens is 1. The van der Waals surface area contributed by atoms with E-state index in [1.165, 1.54) is 29.8 Å². The van der Waals surface area contributed by atoms with Crippen molar-refractivity contribution in [2.45, 2.75) is 38.5 Å². The number of rotatable bonds is 9. The number of aromatic nitrogens is 2. The zero-order valence-corrected chi connectivity index (χ0v) is 21.0. The molecule has 0 fully saturated rings. The molecule has 3 rings (SSSR count). The average molecular weight is 533 g/mol. The number of anilines is 2. The lowest BCUT2D eigenvalue weighted by atomic mass is 10.1. The van der Waals surface area contributed by atoms with Crippen LogP contribution in [0.4, 0.5) is 11.5 Å². The molecule has 174 valence electrons. The number of amides is 1. The SMILES string of the molecule is CCCc1ccc(OCC(=O)Nc2ccc(S(=O)(=O)Nc3cc(C)nc(C)n3)cc2)c(Br)c1. The summed E-state index contributed by atoms with van der Waals surface area (Å²) in [6.07, 6.45) is 2.02. The van der Waals surface area contributed by atoms with Crippen molar-refractivity contribution in [3.8, 4) is 5.75 Å². The molecule has 0 saturated heterocycles. The van der Waals surface area contributed by atoms with Gasteiger partial charge in [0.15, 0.2) is 6.61 Å². The molecule has 0 atom stereocenters. The van der Waals surface area contributed by atoms with E-state index in [1.807, 2.05) is 18.2 Å². The van der Waals surface area contributed by atoms with E-state index in [2.05, 4.69) is 42.9 Å². The van der Waals surface area contributed by atoms with Crippen molar-refractivity contribution in [1.82, 2.24) is 9.97 Å². The summed E-state index contributed by atoms with van der Waals surface area (Å²) in [6.45, 7) is 5.38. The van der Waals surface area contributed by atoms with Crippen LogP contribution in [0.5, 0.6) is 5.75 Å². The van der Waals surface area contributed by atoms with Crippen LogP contribution in [0.2, 0.25) is 0 Å². The monoisotopic (exact) mass is 532 g/mol. The lowest BCUT2D eigenvalue weighted by Gasteiger charge is -2.11. The van der Waals surface area contributed by atoms with E-state index in [0.717, 1.165) is 17.3 Å². The van der Waals surface area contributed by atoms with Crippen molar-refractivity contribution in [1.29, 1.82) is 0 Å². The van der Waals surface area contributed by atoms with Crippen LogP contribution in [0.3, 0.4) is 0 Å². The average Bonchev–Trinajstić information content (AvgIpc) is 2.73. The Morgan fingerprint density at radius 1 is 1.06 bits per heavy atom. The fraction of sp³-hybridized carbons (Fsp3) is 0.261. The summed E-state index contributed by atoms with van der Waals surface area (Å²) in [7, 11) is -3.83. The molecule has 8 nitrogen and oxygen atoms in total. The molecule has 1 aromatic heterocycles.